The number of pyridine rings is 1. The lowest BCUT2D eigenvalue weighted by molar-refractivity contribution is -0.141. The van der Waals surface area contributed by atoms with Crippen LogP contribution in [0.15, 0.2) is 46.5 Å². The summed E-state index contributed by atoms with van der Waals surface area (Å²) in [5.41, 5.74) is 1.48. The second-order valence-corrected chi connectivity index (χ2v) is 7.64. The molecular weight excluding hydrogens is 411 g/mol. The molecule has 0 saturated carbocycles. The summed E-state index contributed by atoms with van der Waals surface area (Å²) in [6.07, 6.45) is -1.51. The minimum Gasteiger partial charge on any atom is -0.341 e. The van der Waals surface area contributed by atoms with Crippen molar-refractivity contribution >= 4 is 29.0 Å². The van der Waals surface area contributed by atoms with Gasteiger partial charge in [-0.05, 0) is 34.5 Å². The first-order valence-electron chi connectivity index (χ1n) is 8.11. The van der Waals surface area contributed by atoms with Gasteiger partial charge in [-0.15, -0.1) is 10.2 Å². The predicted octanol–water partition coefficient (Wildman–Crippen LogP) is 3.71. The van der Waals surface area contributed by atoms with Crippen LogP contribution in [0.4, 0.5) is 13.2 Å². The highest BCUT2D eigenvalue weighted by atomic mass is 32.2. The topological polar surface area (TPSA) is 63.9 Å². The van der Waals surface area contributed by atoms with E-state index in [-0.39, 0.29) is 22.6 Å². The molecule has 148 valence electrons. The Labute approximate surface area is 167 Å². The highest BCUT2D eigenvalue weighted by Crippen LogP contribution is 2.28. The summed E-state index contributed by atoms with van der Waals surface area (Å²) in [6.45, 7) is -0.792. The minimum atomic E-state index is -4.45. The zero-order valence-corrected chi connectivity index (χ0v) is 16.4. The number of thioether (sulfide) groups is 1. The molecule has 28 heavy (non-hydrogen) atoms. The summed E-state index contributed by atoms with van der Waals surface area (Å²) >= 11 is 2.47. The first kappa shape index (κ1) is 20.3. The largest absolute Gasteiger partial charge is 0.406 e. The van der Waals surface area contributed by atoms with E-state index in [1.807, 2.05) is 16.8 Å². The monoisotopic (exact) mass is 427 g/mol. The summed E-state index contributed by atoms with van der Waals surface area (Å²) in [5.74, 6) is -0.156. The van der Waals surface area contributed by atoms with Crippen LogP contribution >= 0.6 is 23.1 Å². The third kappa shape index (κ3) is 5.32. The zero-order chi connectivity index (χ0) is 20.1. The highest BCUT2D eigenvalue weighted by Gasteiger charge is 2.31. The Morgan fingerprint density at radius 1 is 1.25 bits per heavy atom. The van der Waals surface area contributed by atoms with Crippen molar-refractivity contribution in [2.45, 2.75) is 24.4 Å². The molecule has 0 atom stereocenters. The van der Waals surface area contributed by atoms with Gasteiger partial charge in [-0.2, -0.15) is 24.5 Å². The molecule has 3 heterocycles. The first-order valence-corrected chi connectivity index (χ1v) is 10.0. The van der Waals surface area contributed by atoms with E-state index >= 15 is 0 Å². The van der Waals surface area contributed by atoms with Crippen LogP contribution in [-0.4, -0.2) is 49.5 Å². The number of aromatic nitrogens is 4. The SMILES string of the molecule is CN(Cc1ccsc1)C(=O)CSc1nnc(-c2ccncc2)n1CC(F)(F)F. The van der Waals surface area contributed by atoms with Crippen molar-refractivity contribution in [1.82, 2.24) is 24.6 Å². The van der Waals surface area contributed by atoms with Crippen LogP contribution in [0, 0.1) is 0 Å². The van der Waals surface area contributed by atoms with Gasteiger partial charge in [0.05, 0.1) is 5.75 Å². The second-order valence-electron chi connectivity index (χ2n) is 5.91. The van der Waals surface area contributed by atoms with Crippen molar-refractivity contribution < 1.29 is 18.0 Å². The van der Waals surface area contributed by atoms with Crippen LogP contribution < -0.4 is 0 Å². The van der Waals surface area contributed by atoms with Crippen molar-refractivity contribution in [1.29, 1.82) is 0 Å². The molecule has 3 aromatic rings. The molecule has 0 aliphatic rings. The van der Waals surface area contributed by atoms with Gasteiger partial charge in [0.25, 0.3) is 0 Å². The van der Waals surface area contributed by atoms with Crippen LogP contribution in [0.25, 0.3) is 11.4 Å². The van der Waals surface area contributed by atoms with E-state index in [1.165, 1.54) is 28.6 Å². The second kappa shape index (κ2) is 8.74. The predicted molar refractivity (Wildman–Crippen MR) is 101 cm³/mol. The molecule has 0 unspecified atom stereocenters. The Kier molecular flexibility index (Phi) is 6.35. The van der Waals surface area contributed by atoms with Gasteiger partial charge in [-0.1, -0.05) is 11.8 Å². The lowest BCUT2D eigenvalue weighted by Gasteiger charge is -2.16. The molecule has 0 spiro atoms. The normalized spacial score (nSPS) is 11.6. The number of nitrogens with zero attached hydrogens (tertiary/aromatic N) is 5. The Bertz CT molecular complexity index is 913. The molecule has 1 amide bonds. The highest BCUT2D eigenvalue weighted by molar-refractivity contribution is 7.99. The summed E-state index contributed by atoms with van der Waals surface area (Å²) in [6, 6.07) is 5.04. The third-order valence-corrected chi connectivity index (χ3v) is 5.43. The molecule has 0 bridgehead atoms. The number of carbonyl (C=O) groups is 1. The number of thiophene rings is 1. The van der Waals surface area contributed by atoms with Crippen molar-refractivity contribution in [2.75, 3.05) is 12.8 Å². The van der Waals surface area contributed by atoms with Gasteiger partial charge in [0.1, 0.15) is 6.54 Å². The van der Waals surface area contributed by atoms with Gasteiger partial charge in [-0.25, -0.2) is 0 Å². The van der Waals surface area contributed by atoms with E-state index < -0.39 is 12.7 Å². The van der Waals surface area contributed by atoms with Gasteiger partial charge in [0.2, 0.25) is 5.91 Å². The molecule has 0 fully saturated rings. The summed E-state index contributed by atoms with van der Waals surface area (Å²) < 4.78 is 40.2. The number of carbonyl (C=O) groups excluding carboxylic acids is 1. The maximum atomic E-state index is 13.1. The van der Waals surface area contributed by atoms with Crippen LogP contribution in [0.3, 0.4) is 0 Å². The summed E-state index contributed by atoms with van der Waals surface area (Å²) in [5, 5.41) is 11.7. The Hall–Kier alpha value is -2.40. The molecule has 0 aromatic carbocycles. The van der Waals surface area contributed by atoms with Crippen molar-refractivity contribution in [3.8, 4) is 11.4 Å². The van der Waals surface area contributed by atoms with E-state index in [2.05, 4.69) is 15.2 Å². The number of hydrogen-bond donors (Lipinski definition) is 0. The van der Waals surface area contributed by atoms with E-state index in [0.717, 1.165) is 21.9 Å². The Balaban J connectivity index is 1.74. The van der Waals surface area contributed by atoms with E-state index in [1.54, 1.807) is 19.2 Å². The molecule has 3 rings (SSSR count). The molecule has 3 aromatic heterocycles. The van der Waals surface area contributed by atoms with Crippen molar-refractivity contribution in [3.05, 3.63) is 46.9 Å². The van der Waals surface area contributed by atoms with E-state index in [0.29, 0.717) is 12.1 Å². The molecule has 0 saturated heterocycles. The Morgan fingerprint density at radius 3 is 2.64 bits per heavy atom. The molecule has 0 aliphatic carbocycles. The number of hydrogen-bond acceptors (Lipinski definition) is 6. The molecule has 0 aliphatic heterocycles. The number of rotatable bonds is 7. The molecule has 6 nitrogen and oxygen atoms in total. The van der Waals surface area contributed by atoms with Crippen LogP contribution in [-0.2, 0) is 17.9 Å². The standard InChI is InChI=1S/C17H16F3N5OS2/c1-24(8-12-4-7-27-9-12)14(26)10-28-16-23-22-15(13-2-5-21-6-3-13)25(16)11-17(18,19)20/h2-7,9H,8,10-11H2,1H3. The lowest BCUT2D eigenvalue weighted by Crippen LogP contribution is -2.28. The van der Waals surface area contributed by atoms with E-state index in [9.17, 15) is 18.0 Å². The zero-order valence-electron chi connectivity index (χ0n) is 14.8. The third-order valence-electron chi connectivity index (χ3n) is 3.74. The summed E-state index contributed by atoms with van der Waals surface area (Å²) in [4.78, 5) is 17.7. The van der Waals surface area contributed by atoms with E-state index in [4.69, 9.17) is 0 Å². The van der Waals surface area contributed by atoms with Gasteiger partial charge in [0, 0.05) is 31.5 Å². The van der Waals surface area contributed by atoms with Gasteiger partial charge >= 0.3 is 6.18 Å². The fourth-order valence-electron chi connectivity index (χ4n) is 2.41. The average Bonchev–Trinajstić information content (AvgIpc) is 3.29. The molecule has 0 radical (unpaired) electrons. The average molecular weight is 427 g/mol. The Morgan fingerprint density at radius 2 is 2.00 bits per heavy atom. The van der Waals surface area contributed by atoms with Gasteiger partial charge in [0.15, 0.2) is 11.0 Å². The molecular formula is C17H16F3N5OS2. The first-order chi connectivity index (χ1) is 13.3. The smallest absolute Gasteiger partial charge is 0.341 e. The molecule has 11 heteroatoms. The summed E-state index contributed by atoms with van der Waals surface area (Å²) in [7, 11) is 1.66. The maximum absolute atomic E-state index is 13.1. The lowest BCUT2D eigenvalue weighted by atomic mass is 10.2. The quantitative estimate of drug-likeness (QED) is 0.538. The van der Waals surface area contributed by atoms with Crippen molar-refractivity contribution in [3.63, 3.8) is 0 Å². The molecule has 0 N–H and O–H groups in total. The van der Waals surface area contributed by atoms with Crippen LogP contribution in [0.5, 0.6) is 0 Å². The van der Waals surface area contributed by atoms with Crippen LogP contribution in [0.1, 0.15) is 5.56 Å². The van der Waals surface area contributed by atoms with Crippen molar-refractivity contribution in [2.24, 2.45) is 0 Å². The fourth-order valence-corrected chi connectivity index (χ4v) is 3.95. The fraction of sp³-hybridized carbons (Fsp3) is 0.294. The number of amides is 1. The van der Waals surface area contributed by atoms with Crippen LogP contribution in [0.2, 0.25) is 0 Å². The van der Waals surface area contributed by atoms with Gasteiger partial charge < -0.3 is 4.90 Å². The number of alkyl halides is 3. The maximum Gasteiger partial charge on any atom is 0.406 e. The van der Waals surface area contributed by atoms with Gasteiger partial charge in [-0.3, -0.25) is 14.3 Å². The number of halogens is 3. The minimum absolute atomic E-state index is 0.0347.